The molecule has 3 rings (SSSR count). The van der Waals surface area contributed by atoms with Gasteiger partial charge in [0.25, 0.3) is 0 Å². The van der Waals surface area contributed by atoms with Crippen LogP contribution in [0.4, 0.5) is 5.69 Å². The average Bonchev–Trinajstić information content (AvgIpc) is 3.19. The molecule has 174 valence electrons. The molecular formula is C25H30N4O3S. The number of thioether (sulfide) groups is 1. The molecule has 0 saturated carbocycles. The minimum atomic E-state index is -0.319. The highest BCUT2D eigenvalue weighted by Crippen LogP contribution is 2.28. The monoisotopic (exact) mass is 466 g/mol. The van der Waals surface area contributed by atoms with E-state index in [1.165, 1.54) is 17.3 Å². The van der Waals surface area contributed by atoms with E-state index in [-0.39, 0.29) is 17.8 Å². The lowest BCUT2D eigenvalue weighted by molar-refractivity contribution is -0.113. The highest BCUT2D eigenvalue weighted by molar-refractivity contribution is 7.99. The number of benzene rings is 2. The molecule has 7 nitrogen and oxygen atoms in total. The highest BCUT2D eigenvalue weighted by atomic mass is 32.2. The van der Waals surface area contributed by atoms with E-state index in [1.807, 2.05) is 61.7 Å². The molecule has 0 fully saturated rings. The number of carbonyl (C=O) groups is 1. The van der Waals surface area contributed by atoms with Gasteiger partial charge >= 0.3 is 0 Å². The Balaban J connectivity index is 1.69. The minimum absolute atomic E-state index is 0.151. The number of rotatable bonds is 11. The molecule has 0 aliphatic carbocycles. The van der Waals surface area contributed by atoms with Crippen LogP contribution in [0.5, 0.6) is 11.5 Å². The van der Waals surface area contributed by atoms with Gasteiger partial charge in [-0.3, -0.25) is 9.36 Å². The van der Waals surface area contributed by atoms with Gasteiger partial charge in [0, 0.05) is 6.54 Å². The molecule has 0 aliphatic heterocycles. The molecule has 33 heavy (non-hydrogen) atoms. The van der Waals surface area contributed by atoms with E-state index < -0.39 is 0 Å². The van der Waals surface area contributed by atoms with Gasteiger partial charge in [0.05, 0.1) is 18.0 Å². The fourth-order valence-electron chi connectivity index (χ4n) is 3.35. The first-order valence-electron chi connectivity index (χ1n) is 10.8. The van der Waals surface area contributed by atoms with E-state index in [1.54, 1.807) is 6.08 Å². The molecule has 0 radical (unpaired) electrons. The summed E-state index contributed by atoms with van der Waals surface area (Å²) in [6, 6.07) is 13.4. The Morgan fingerprint density at radius 2 is 2.00 bits per heavy atom. The summed E-state index contributed by atoms with van der Waals surface area (Å²) < 4.78 is 13.7. The largest absolute Gasteiger partial charge is 0.492 e. The van der Waals surface area contributed by atoms with Crippen molar-refractivity contribution < 1.29 is 14.3 Å². The maximum Gasteiger partial charge on any atom is 0.234 e. The third kappa shape index (κ3) is 6.38. The summed E-state index contributed by atoms with van der Waals surface area (Å²) in [6.07, 6.45) is 1.46. The molecule has 0 saturated heterocycles. The Morgan fingerprint density at radius 1 is 1.21 bits per heavy atom. The quantitative estimate of drug-likeness (QED) is 0.303. The topological polar surface area (TPSA) is 78.3 Å². The normalized spacial score (nSPS) is 11.6. The molecule has 0 aliphatic rings. The van der Waals surface area contributed by atoms with E-state index in [2.05, 4.69) is 35.1 Å². The van der Waals surface area contributed by atoms with Crippen LogP contribution in [0.15, 0.2) is 60.3 Å². The maximum absolute atomic E-state index is 12.6. The minimum Gasteiger partial charge on any atom is -0.492 e. The number of aromatic nitrogens is 3. The van der Waals surface area contributed by atoms with Crippen LogP contribution in [0.2, 0.25) is 0 Å². The van der Waals surface area contributed by atoms with Crippen molar-refractivity contribution in [3.8, 4) is 11.5 Å². The fraction of sp³-hybridized carbons (Fsp3) is 0.320. The van der Waals surface area contributed by atoms with Crippen LogP contribution in [0.1, 0.15) is 36.9 Å². The van der Waals surface area contributed by atoms with Crippen molar-refractivity contribution in [2.24, 2.45) is 0 Å². The number of amides is 1. The van der Waals surface area contributed by atoms with Gasteiger partial charge in [0.2, 0.25) is 5.91 Å². The lowest BCUT2D eigenvalue weighted by Gasteiger charge is -2.17. The number of carbonyl (C=O) groups excluding carboxylic acids is 1. The number of hydrogen-bond donors (Lipinski definition) is 1. The zero-order chi connectivity index (χ0) is 23.8. The lowest BCUT2D eigenvalue weighted by atomic mass is 10.1. The van der Waals surface area contributed by atoms with Gasteiger partial charge < -0.3 is 14.8 Å². The van der Waals surface area contributed by atoms with Crippen LogP contribution in [0.25, 0.3) is 0 Å². The first-order valence-corrected chi connectivity index (χ1v) is 11.8. The van der Waals surface area contributed by atoms with Crippen molar-refractivity contribution in [1.82, 2.24) is 14.8 Å². The van der Waals surface area contributed by atoms with Gasteiger partial charge in [0.1, 0.15) is 11.5 Å². The van der Waals surface area contributed by atoms with E-state index >= 15 is 0 Å². The van der Waals surface area contributed by atoms with Crippen LogP contribution in [0, 0.1) is 13.8 Å². The Morgan fingerprint density at radius 3 is 2.73 bits per heavy atom. The number of nitrogens with zero attached hydrogens (tertiary/aromatic N) is 3. The standard InChI is InChI=1S/C25H30N4O3S/c1-6-14-29-24(19(5)32-21-13-12-17(3)15-18(21)4)27-28-25(29)33-16-23(30)26-20-10-8-9-11-22(20)31-7-2/h6,8-13,15,19H,1,7,14,16H2,2-5H3,(H,26,30). The summed E-state index contributed by atoms with van der Waals surface area (Å²) in [7, 11) is 0. The summed E-state index contributed by atoms with van der Waals surface area (Å²) in [5, 5.41) is 12.2. The smallest absolute Gasteiger partial charge is 0.234 e. The second-order valence-electron chi connectivity index (χ2n) is 7.54. The molecule has 1 unspecified atom stereocenters. The molecule has 1 atom stereocenters. The molecule has 1 heterocycles. The van der Waals surface area contributed by atoms with Gasteiger partial charge in [0.15, 0.2) is 17.1 Å². The average molecular weight is 467 g/mol. The maximum atomic E-state index is 12.6. The van der Waals surface area contributed by atoms with Crippen LogP contribution in [0.3, 0.4) is 0 Å². The number of nitrogens with one attached hydrogen (secondary N) is 1. The molecule has 3 aromatic rings. The third-order valence-electron chi connectivity index (χ3n) is 4.85. The van der Waals surface area contributed by atoms with E-state index in [0.29, 0.717) is 35.6 Å². The zero-order valence-corrected chi connectivity index (χ0v) is 20.3. The van der Waals surface area contributed by atoms with Crippen molar-refractivity contribution >= 4 is 23.4 Å². The fourth-order valence-corrected chi connectivity index (χ4v) is 4.11. The van der Waals surface area contributed by atoms with Crippen LogP contribution in [-0.4, -0.2) is 33.0 Å². The lowest BCUT2D eigenvalue weighted by Crippen LogP contribution is -2.16. The number of para-hydroxylation sites is 2. The van der Waals surface area contributed by atoms with Crippen molar-refractivity contribution in [2.75, 3.05) is 17.7 Å². The van der Waals surface area contributed by atoms with Crippen LogP contribution < -0.4 is 14.8 Å². The second kappa shape index (κ2) is 11.6. The summed E-state index contributed by atoms with van der Waals surface area (Å²) in [6.45, 7) is 12.8. The first-order chi connectivity index (χ1) is 15.9. The van der Waals surface area contributed by atoms with Crippen LogP contribution in [-0.2, 0) is 11.3 Å². The van der Waals surface area contributed by atoms with Crippen molar-refractivity contribution in [2.45, 2.75) is 45.5 Å². The molecule has 8 heteroatoms. The summed E-state index contributed by atoms with van der Waals surface area (Å²) in [5.41, 5.74) is 2.90. The van der Waals surface area contributed by atoms with Gasteiger partial charge in [-0.05, 0) is 51.5 Å². The SMILES string of the molecule is C=CCn1c(SCC(=O)Nc2ccccc2OCC)nnc1C(C)Oc1ccc(C)cc1C. The number of ether oxygens (including phenoxy) is 2. The number of anilines is 1. The third-order valence-corrected chi connectivity index (χ3v) is 5.82. The van der Waals surface area contributed by atoms with Gasteiger partial charge in [-0.15, -0.1) is 16.8 Å². The Labute approximate surface area is 199 Å². The van der Waals surface area contributed by atoms with Crippen molar-refractivity contribution in [3.63, 3.8) is 0 Å². The first kappa shape index (κ1) is 24.4. The molecule has 0 bridgehead atoms. The van der Waals surface area contributed by atoms with Gasteiger partial charge in [-0.1, -0.05) is 47.7 Å². The Hall–Kier alpha value is -3.26. The zero-order valence-electron chi connectivity index (χ0n) is 19.5. The van der Waals surface area contributed by atoms with Crippen molar-refractivity contribution in [3.05, 3.63) is 72.1 Å². The number of aryl methyl sites for hydroxylation is 2. The molecular weight excluding hydrogens is 436 g/mol. The molecule has 1 amide bonds. The Bertz CT molecular complexity index is 1110. The summed E-state index contributed by atoms with van der Waals surface area (Å²) in [4.78, 5) is 12.6. The van der Waals surface area contributed by atoms with E-state index in [0.717, 1.165) is 11.3 Å². The Kier molecular flexibility index (Phi) is 8.54. The van der Waals surface area contributed by atoms with Gasteiger partial charge in [-0.25, -0.2) is 0 Å². The van der Waals surface area contributed by atoms with E-state index in [4.69, 9.17) is 9.47 Å². The number of hydrogen-bond acceptors (Lipinski definition) is 6. The highest BCUT2D eigenvalue weighted by Gasteiger charge is 2.20. The predicted molar refractivity (Wildman–Crippen MR) is 132 cm³/mol. The molecule has 1 N–H and O–H groups in total. The van der Waals surface area contributed by atoms with E-state index in [9.17, 15) is 4.79 Å². The molecule has 0 spiro atoms. The predicted octanol–water partition coefficient (Wildman–Crippen LogP) is 5.35. The van der Waals surface area contributed by atoms with Crippen molar-refractivity contribution in [1.29, 1.82) is 0 Å². The van der Waals surface area contributed by atoms with Gasteiger partial charge in [-0.2, -0.15) is 0 Å². The molecule has 2 aromatic carbocycles. The summed E-state index contributed by atoms with van der Waals surface area (Å²) in [5.74, 6) is 2.17. The second-order valence-corrected chi connectivity index (χ2v) is 8.48. The molecule has 1 aromatic heterocycles. The van der Waals surface area contributed by atoms with Crippen LogP contribution >= 0.6 is 11.8 Å². The number of allylic oxidation sites excluding steroid dienone is 1. The summed E-state index contributed by atoms with van der Waals surface area (Å²) >= 11 is 1.32.